The molecule has 4 heteroatoms. The molecule has 0 aliphatic heterocycles. The fraction of sp³-hybridized carbons (Fsp3) is 0. The van der Waals surface area contributed by atoms with Gasteiger partial charge in [-0.05, 0) is 30.3 Å². The molecule has 0 spiro atoms. The third-order valence-corrected chi connectivity index (χ3v) is 2.33. The highest BCUT2D eigenvalue weighted by Gasteiger charge is 2.04. The molecule has 0 aliphatic carbocycles. The van der Waals surface area contributed by atoms with E-state index in [4.69, 9.17) is 23.2 Å². The molecule has 1 heterocycles. The molecule has 2 aromatic rings. The summed E-state index contributed by atoms with van der Waals surface area (Å²) in [6, 6.07) is 8.95. The van der Waals surface area contributed by atoms with Crippen molar-refractivity contribution in [2.75, 3.05) is 0 Å². The third kappa shape index (κ3) is 1.86. The normalized spacial score (nSPS) is 10.1. The lowest BCUT2D eigenvalue weighted by molar-refractivity contribution is 1.04. The first-order valence-corrected chi connectivity index (χ1v) is 4.76. The molecule has 2 rings (SSSR count). The van der Waals surface area contributed by atoms with Gasteiger partial charge in [0.05, 0.1) is 10.7 Å². The molecule has 0 bridgehead atoms. The van der Waals surface area contributed by atoms with Gasteiger partial charge in [-0.1, -0.05) is 23.2 Å². The lowest BCUT2D eigenvalue weighted by atomic mass is 10.1. The second-order valence-electron chi connectivity index (χ2n) is 2.73. The van der Waals surface area contributed by atoms with E-state index in [0.29, 0.717) is 10.0 Å². The van der Waals surface area contributed by atoms with Crippen molar-refractivity contribution in [1.29, 1.82) is 0 Å². The molecule has 14 heavy (non-hydrogen) atoms. The third-order valence-electron chi connectivity index (χ3n) is 1.78. The smallest absolute Gasteiger partial charge is 0.0944 e. The number of rotatable bonds is 1. The van der Waals surface area contributed by atoms with Crippen LogP contribution in [0.2, 0.25) is 10.0 Å². The molecular weight excluding hydrogens is 219 g/mol. The minimum atomic E-state index is 0.581. The molecule has 70 valence electrons. The van der Waals surface area contributed by atoms with Crippen LogP contribution in [0.5, 0.6) is 0 Å². The van der Waals surface area contributed by atoms with Crippen molar-refractivity contribution in [2.45, 2.75) is 0 Å². The van der Waals surface area contributed by atoms with Crippen molar-refractivity contribution < 1.29 is 0 Å². The predicted octanol–water partition coefficient (Wildman–Crippen LogP) is 3.45. The van der Waals surface area contributed by atoms with E-state index in [9.17, 15) is 0 Å². The SMILES string of the molecule is Clc1ccc(-c2cccnn2)c(Cl)c1. The maximum atomic E-state index is 6.01. The maximum Gasteiger partial charge on any atom is 0.0944 e. The van der Waals surface area contributed by atoms with Gasteiger partial charge in [0.2, 0.25) is 0 Å². The average Bonchev–Trinajstić information content (AvgIpc) is 2.19. The maximum absolute atomic E-state index is 6.01. The minimum absolute atomic E-state index is 0.581. The zero-order chi connectivity index (χ0) is 9.97. The molecule has 0 aliphatic rings. The molecule has 2 nitrogen and oxygen atoms in total. The van der Waals surface area contributed by atoms with Crippen LogP contribution in [0, 0.1) is 0 Å². The summed E-state index contributed by atoms with van der Waals surface area (Å²) < 4.78 is 0. The highest BCUT2D eigenvalue weighted by atomic mass is 35.5. The molecule has 0 N–H and O–H groups in total. The molecule has 1 aromatic carbocycles. The van der Waals surface area contributed by atoms with E-state index in [2.05, 4.69) is 10.2 Å². The first-order valence-electron chi connectivity index (χ1n) is 4.00. The molecule has 0 unspecified atom stereocenters. The van der Waals surface area contributed by atoms with E-state index >= 15 is 0 Å². The van der Waals surface area contributed by atoms with Gasteiger partial charge in [-0.15, -0.1) is 0 Å². The van der Waals surface area contributed by atoms with Crippen molar-refractivity contribution >= 4 is 23.2 Å². The average molecular weight is 225 g/mol. The largest absolute Gasteiger partial charge is 0.159 e. The van der Waals surface area contributed by atoms with Crippen LogP contribution in [-0.2, 0) is 0 Å². The first kappa shape index (κ1) is 9.44. The van der Waals surface area contributed by atoms with Crippen molar-refractivity contribution in [2.24, 2.45) is 0 Å². The van der Waals surface area contributed by atoms with Crippen LogP contribution in [0.3, 0.4) is 0 Å². The van der Waals surface area contributed by atoms with Gasteiger partial charge in [0.15, 0.2) is 0 Å². The van der Waals surface area contributed by atoms with Crippen LogP contribution in [-0.4, -0.2) is 10.2 Å². The molecule has 0 saturated carbocycles. The van der Waals surface area contributed by atoms with E-state index in [1.54, 1.807) is 18.3 Å². The molecule has 1 aromatic heterocycles. The molecule has 0 amide bonds. The van der Waals surface area contributed by atoms with Crippen LogP contribution in [0.1, 0.15) is 0 Å². The Kier molecular flexibility index (Phi) is 2.66. The summed E-state index contributed by atoms with van der Waals surface area (Å²) in [5.41, 5.74) is 1.58. The number of hydrogen-bond acceptors (Lipinski definition) is 2. The minimum Gasteiger partial charge on any atom is -0.159 e. The lowest BCUT2D eigenvalue weighted by Crippen LogP contribution is -1.86. The number of benzene rings is 1. The Morgan fingerprint density at radius 2 is 1.93 bits per heavy atom. The number of aromatic nitrogens is 2. The summed E-state index contributed by atoms with van der Waals surface area (Å²) in [5, 5.41) is 8.94. The highest BCUT2D eigenvalue weighted by Crippen LogP contribution is 2.28. The van der Waals surface area contributed by atoms with E-state index in [1.165, 1.54) is 0 Å². The van der Waals surface area contributed by atoms with Crippen LogP contribution in [0.25, 0.3) is 11.3 Å². The zero-order valence-electron chi connectivity index (χ0n) is 7.11. The quantitative estimate of drug-likeness (QED) is 0.742. The van der Waals surface area contributed by atoms with Crippen LogP contribution in [0.15, 0.2) is 36.5 Å². The Morgan fingerprint density at radius 1 is 1.07 bits per heavy atom. The Bertz CT molecular complexity index is 443. The topological polar surface area (TPSA) is 25.8 Å². The van der Waals surface area contributed by atoms with Crippen molar-refractivity contribution in [3.63, 3.8) is 0 Å². The predicted molar refractivity (Wildman–Crippen MR) is 57.5 cm³/mol. The fourth-order valence-electron chi connectivity index (χ4n) is 1.14. The molecular formula is C10H6Cl2N2. The van der Waals surface area contributed by atoms with Gasteiger partial charge in [0, 0.05) is 16.8 Å². The fourth-order valence-corrected chi connectivity index (χ4v) is 1.65. The Labute approximate surface area is 91.5 Å². The second-order valence-corrected chi connectivity index (χ2v) is 3.58. The molecule has 0 saturated heterocycles. The second kappa shape index (κ2) is 3.95. The van der Waals surface area contributed by atoms with Gasteiger partial charge in [0.1, 0.15) is 0 Å². The van der Waals surface area contributed by atoms with Gasteiger partial charge in [0.25, 0.3) is 0 Å². The Morgan fingerprint density at radius 3 is 2.57 bits per heavy atom. The summed E-state index contributed by atoms with van der Waals surface area (Å²) in [6.07, 6.45) is 1.62. The summed E-state index contributed by atoms with van der Waals surface area (Å²) >= 11 is 11.8. The van der Waals surface area contributed by atoms with Gasteiger partial charge < -0.3 is 0 Å². The van der Waals surface area contributed by atoms with Crippen LogP contribution in [0.4, 0.5) is 0 Å². The Balaban J connectivity index is 2.53. The summed E-state index contributed by atoms with van der Waals surface area (Å²) in [4.78, 5) is 0. The van der Waals surface area contributed by atoms with E-state index in [1.807, 2.05) is 18.2 Å². The van der Waals surface area contributed by atoms with Crippen molar-refractivity contribution in [3.05, 3.63) is 46.6 Å². The summed E-state index contributed by atoms with van der Waals surface area (Å²) in [5.74, 6) is 0. The van der Waals surface area contributed by atoms with Gasteiger partial charge >= 0.3 is 0 Å². The van der Waals surface area contributed by atoms with Crippen molar-refractivity contribution in [3.8, 4) is 11.3 Å². The van der Waals surface area contributed by atoms with E-state index < -0.39 is 0 Å². The number of hydrogen-bond donors (Lipinski definition) is 0. The molecule has 0 radical (unpaired) electrons. The molecule has 0 atom stereocenters. The van der Waals surface area contributed by atoms with Gasteiger partial charge in [-0.2, -0.15) is 10.2 Å². The van der Waals surface area contributed by atoms with Crippen molar-refractivity contribution in [1.82, 2.24) is 10.2 Å². The van der Waals surface area contributed by atoms with E-state index in [0.717, 1.165) is 11.3 Å². The van der Waals surface area contributed by atoms with Gasteiger partial charge in [-0.3, -0.25) is 0 Å². The van der Waals surface area contributed by atoms with Gasteiger partial charge in [-0.25, -0.2) is 0 Å². The lowest BCUT2D eigenvalue weighted by Gasteiger charge is -2.02. The standard InChI is InChI=1S/C10H6Cl2N2/c11-7-3-4-8(9(12)6-7)10-2-1-5-13-14-10/h1-6H. The zero-order valence-corrected chi connectivity index (χ0v) is 8.63. The van der Waals surface area contributed by atoms with E-state index in [-0.39, 0.29) is 0 Å². The Hall–Kier alpha value is -1.12. The monoisotopic (exact) mass is 224 g/mol. The van der Waals surface area contributed by atoms with Crippen LogP contribution >= 0.6 is 23.2 Å². The number of halogens is 2. The van der Waals surface area contributed by atoms with Crippen LogP contribution < -0.4 is 0 Å². The summed E-state index contributed by atoms with van der Waals surface area (Å²) in [7, 11) is 0. The number of nitrogens with zero attached hydrogens (tertiary/aromatic N) is 2. The first-order chi connectivity index (χ1) is 6.77. The summed E-state index contributed by atoms with van der Waals surface area (Å²) in [6.45, 7) is 0. The highest BCUT2D eigenvalue weighted by molar-refractivity contribution is 6.36. The molecule has 0 fully saturated rings.